The van der Waals surface area contributed by atoms with Crippen LogP contribution in [0.25, 0.3) is 20.2 Å². The minimum atomic E-state index is -0.300. The third kappa shape index (κ3) is 2.39. The van der Waals surface area contributed by atoms with Crippen LogP contribution in [0.1, 0.15) is 18.4 Å². The summed E-state index contributed by atoms with van der Waals surface area (Å²) in [4.78, 5) is 11.1. The lowest BCUT2D eigenvalue weighted by Gasteiger charge is -2.11. The highest BCUT2D eigenvalue weighted by atomic mass is 32.1. The first-order valence-electron chi connectivity index (χ1n) is 6.70. The Morgan fingerprint density at radius 2 is 2.00 bits per heavy atom. The first-order valence-corrected chi connectivity index (χ1v) is 7.52. The molecule has 0 spiro atoms. The van der Waals surface area contributed by atoms with Crippen LogP contribution in [-0.4, -0.2) is 18.6 Å². The van der Waals surface area contributed by atoms with Gasteiger partial charge in [-0.25, -0.2) is 0 Å². The second-order valence-electron chi connectivity index (χ2n) is 5.12. The van der Waals surface area contributed by atoms with E-state index in [1.165, 1.54) is 0 Å². The van der Waals surface area contributed by atoms with Crippen LogP contribution in [-0.2, 0) is 4.74 Å². The van der Waals surface area contributed by atoms with Crippen LogP contribution in [0.15, 0.2) is 36.4 Å². The number of hydrogen-bond acceptors (Lipinski definition) is 4. The molecule has 0 saturated heterocycles. The molecule has 3 aromatic rings. The molecule has 4 nitrogen and oxygen atoms in total. The number of nitro groups is 1. The van der Waals surface area contributed by atoms with Crippen molar-refractivity contribution in [2.24, 2.45) is 0 Å². The zero-order chi connectivity index (χ0) is 15.0. The Labute approximate surface area is 126 Å². The van der Waals surface area contributed by atoms with Crippen LogP contribution in [0.3, 0.4) is 0 Å². The van der Waals surface area contributed by atoms with Crippen LogP contribution in [0.5, 0.6) is 0 Å². The van der Waals surface area contributed by atoms with Crippen molar-refractivity contribution in [3.05, 3.63) is 52.1 Å². The molecule has 0 aliphatic carbocycles. The molecule has 5 heteroatoms. The predicted molar refractivity (Wildman–Crippen MR) is 86.3 cm³/mol. The van der Waals surface area contributed by atoms with E-state index in [2.05, 4.69) is 6.07 Å². The molecule has 2 aromatic carbocycles. The van der Waals surface area contributed by atoms with Gasteiger partial charge in [0.05, 0.1) is 11.5 Å². The Kier molecular flexibility index (Phi) is 3.61. The Hall–Kier alpha value is -1.98. The number of hydrogen-bond donors (Lipinski definition) is 0. The fraction of sp³-hybridized carbons (Fsp3) is 0.250. The molecule has 0 fully saturated rings. The zero-order valence-electron chi connectivity index (χ0n) is 11.8. The number of nitro benzene ring substituents is 1. The second kappa shape index (κ2) is 5.42. The van der Waals surface area contributed by atoms with Crippen molar-refractivity contribution < 1.29 is 9.66 Å². The van der Waals surface area contributed by atoms with Gasteiger partial charge in [0, 0.05) is 44.8 Å². The minimum Gasteiger partial charge on any atom is -0.384 e. The lowest BCUT2D eigenvalue weighted by atomic mass is 9.97. The van der Waals surface area contributed by atoms with E-state index in [4.69, 9.17) is 4.74 Å². The third-order valence-electron chi connectivity index (χ3n) is 3.67. The predicted octanol–water partition coefficient (Wildman–Crippen LogP) is 4.71. The molecular weight excluding hydrogens is 286 g/mol. The van der Waals surface area contributed by atoms with Gasteiger partial charge in [0.25, 0.3) is 5.69 Å². The van der Waals surface area contributed by atoms with Crippen LogP contribution in [0, 0.1) is 10.1 Å². The van der Waals surface area contributed by atoms with Crippen LogP contribution < -0.4 is 0 Å². The third-order valence-corrected chi connectivity index (χ3v) is 4.80. The number of fused-ring (bicyclic) bond motifs is 3. The molecular formula is C16H15NO3S. The monoisotopic (exact) mass is 301 g/mol. The molecule has 0 radical (unpaired) electrons. The number of ether oxygens (including phenoxy) is 1. The summed E-state index contributed by atoms with van der Waals surface area (Å²) in [5.41, 5.74) is 0.913. The Balaban J connectivity index is 2.30. The highest BCUT2D eigenvalue weighted by Gasteiger charge is 2.21. The number of methoxy groups -OCH3 is 1. The first-order chi connectivity index (χ1) is 10.1. The molecule has 0 bridgehead atoms. The van der Waals surface area contributed by atoms with Crippen molar-refractivity contribution in [2.75, 3.05) is 13.7 Å². The van der Waals surface area contributed by atoms with E-state index in [0.29, 0.717) is 6.61 Å². The Morgan fingerprint density at radius 3 is 2.71 bits per heavy atom. The van der Waals surface area contributed by atoms with E-state index in [1.807, 2.05) is 31.2 Å². The van der Waals surface area contributed by atoms with E-state index in [1.54, 1.807) is 24.5 Å². The molecule has 0 aliphatic heterocycles. The smallest absolute Gasteiger partial charge is 0.274 e. The van der Waals surface area contributed by atoms with Gasteiger partial charge in [-0.05, 0) is 12.1 Å². The maximum Gasteiger partial charge on any atom is 0.274 e. The van der Waals surface area contributed by atoms with Gasteiger partial charge in [-0.1, -0.05) is 25.1 Å². The van der Waals surface area contributed by atoms with Gasteiger partial charge in [0.15, 0.2) is 0 Å². The molecule has 0 saturated carbocycles. The van der Waals surface area contributed by atoms with E-state index >= 15 is 0 Å². The molecule has 0 amide bonds. The Bertz CT molecular complexity index is 825. The lowest BCUT2D eigenvalue weighted by molar-refractivity contribution is -0.385. The molecule has 1 atom stereocenters. The summed E-state index contributed by atoms with van der Waals surface area (Å²) < 4.78 is 7.26. The van der Waals surface area contributed by atoms with Crippen molar-refractivity contribution >= 4 is 37.2 Å². The van der Waals surface area contributed by atoms with E-state index in [9.17, 15) is 10.1 Å². The fourth-order valence-electron chi connectivity index (χ4n) is 2.67. The van der Waals surface area contributed by atoms with Crippen molar-refractivity contribution in [3.8, 4) is 0 Å². The maximum atomic E-state index is 11.4. The molecule has 0 aliphatic rings. The molecule has 1 heterocycles. The van der Waals surface area contributed by atoms with Gasteiger partial charge in [-0.2, -0.15) is 0 Å². The van der Waals surface area contributed by atoms with E-state index < -0.39 is 0 Å². The second-order valence-corrected chi connectivity index (χ2v) is 6.20. The van der Waals surface area contributed by atoms with Crippen LogP contribution in [0.4, 0.5) is 5.69 Å². The van der Waals surface area contributed by atoms with Crippen molar-refractivity contribution in [2.45, 2.75) is 12.8 Å². The van der Waals surface area contributed by atoms with Crippen LogP contribution in [0.2, 0.25) is 0 Å². The van der Waals surface area contributed by atoms with Crippen LogP contribution >= 0.6 is 11.3 Å². The van der Waals surface area contributed by atoms with Crippen molar-refractivity contribution in [3.63, 3.8) is 0 Å². The number of rotatable bonds is 4. The zero-order valence-corrected chi connectivity index (χ0v) is 12.6. The SMILES string of the molecule is COCC(C)c1cc2c(cc1[N+](=O)[O-])sc1ccccc12. The summed E-state index contributed by atoms with van der Waals surface area (Å²) in [7, 11) is 1.61. The lowest BCUT2D eigenvalue weighted by Crippen LogP contribution is -2.05. The first kappa shape index (κ1) is 14.0. The van der Waals surface area contributed by atoms with Gasteiger partial charge in [-0.3, -0.25) is 10.1 Å². The van der Waals surface area contributed by atoms with Crippen molar-refractivity contribution in [1.29, 1.82) is 0 Å². The number of benzene rings is 2. The highest BCUT2D eigenvalue weighted by molar-refractivity contribution is 7.25. The van der Waals surface area contributed by atoms with Gasteiger partial charge in [-0.15, -0.1) is 11.3 Å². The summed E-state index contributed by atoms with van der Waals surface area (Å²) in [5, 5.41) is 13.6. The van der Waals surface area contributed by atoms with Crippen molar-refractivity contribution in [1.82, 2.24) is 0 Å². The highest BCUT2D eigenvalue weighted by Crippen LogP contribution is 2.39. The number of nitrogens with zero attached hydrogens (tertiary/aromatic N) is 1. The van der Waals surface area contributed by atoms with Gasteiger partial charge in [0.2, 0.25) is 0 Å². The minimum absolute atomic E-state index is 0.0153. The van der Waals surface area contributed by atoms with E-state index in [-0.39, 0.29) is 16.5 Å². The molecule has 3 rings (SSSR count). The Morgan fingerprint density at radius 1 is 1.24 bits per heavy atom. The molecule has 21 heavy (non-hydrogen) atoms. The molecule has 108 valence electrons. The fourth-order valence-corrected chi connectivity index (χ4v) is 3.79. The average Bonchev–Trinajstić information content (AvgIpc) is 2.83. The van der Waals surface area contributed by atoms with E-state index in [0.717, 1.165) is 25.7 Å². The molecule has 0 N–H and O–H groups in total. The largest absolute Gasteiger partial charge is 0.384 e. The summed E-state index contributed by atoms with van der Waals surface area (Å²) in [6.07, 6.45) is 0. The summed E-state index contributed by atoms with van der Waals surface area (Å²) in [5.74, 6) is -0.0153. The standard InChI is InChI=1S/C16H15NO3S/c1-10(9-20-2)12-7-13-11-5-3-4-6-15(11)21-16(13)8-14(12)17(18)19/h3-8,10H,9H2,1-2H3. The summed E-state index contributed by atoms with van der Waals surface area (Å²) in [6, 6.07) is 11.7. The number of thiophene rings is 1. The van der Waals surface area contributed by atoms with Gasteiger partial charge < -0.3 is 4.74 Å². The van der Waals surface area contributed by atoms with Gasteiger partial charge >= 0.3 is 0 Å². The van der Waals surface area contributed by atoms with Gasteiger partial charge in [0.1, 0.15) is 0 Å². The average molecular weight is 301 g/mol. The maximum absolute atomic E-state index is 11.4. The molecule has 1 unspecified atom stereocenters. The quantitative estimate of drug-likeness (QED) is 0.518. The summed E-state index contributed by atoms with van der Waals surface area (Å²) in [6.45, 7) is 2.42. The normalized spacial score (nSPS) is 12.9. The topological polar surface area (TPSA) is 52.4 Å². The summed E-state index contributed by atoms with van der Waals surface area (Å²) >= 11 is 1.59. The molecule has 1 aromatic heterocycles.